The smallest absolute Gasteiger partial charge is 0.408 e. The summed E-state index contributed by atoms with van der Waals surface area (Å²) in [4.78, 5) is 49.1. The number of aromatic nitrogens is 2. The van der Waals surface area contributed by atoms with Crippen LogP contribution in [0.4, 0.5) is 4.79 Å². The van der Waals surface area contributed by atoms with Gasteiger partial charge < -0.3 is 30.0 Å². The number of alkyl carbamates (subject to hydrolysis) is 1. The van der Waals surface area contributed by atoms with E-state index >= 15 is 0 Å². The van der Waals surface area contributed by atoms with Gasteiger partial charge >= 0.3 is 6.09 Å². The Hall–Kier alpha value is -5.12. The van der Waals surface area contributed by atoms with Gasteiger partial charge in [0.2, 0.25) is 11.8 Å². The predicted octanol–water partition coefficient (Wildman–Crippen LogP) is 4.52. The summed E-state index contributed by atoms with van der Waals surface area (Å²) in [7, 11) is 1.59. The summed E-state index contributed by atoms with van der Waals surface area (Å²) in [5.74, 6) is -0.0217. The van der Waals surface area contributed by atoms with E-state index in [1.165, 1.54) is 16.8 Å². The molecule has 234 valence electrons. The summed E-state index contributed by atoms with van der Waals surface area (Å²) in [6.07, 6.45) is 5.64. The van der Waals surface area contributed by atoms with Crippen LogP contribution in [0.5, 0.6) is 5.75 Å². The largest absolute Gasteiger partial charge is 0.497 e. The zero-order chi connectivity index (χ0) is 31.5. The van der Waals surface area contributed by atoms with Gasteiger partial charge in [-0.2, -0.15) is 0 Å². The molecule has 10 heteroatoms. The van der Waals surface area contributed by atoms with Crippen LogP contribution in [0.25, 0.3) is 0 Å². The molecular formula is C35H39N5O5. The van der Waals surface area contributed by atoms with E-state index in [0.29, 0.717) is 18.0 Å². The molecule has 1 fully saturated rings. The van der Waals surface area contributed by atoms with Crippen LogP contribution in [0.15, 0.2) is 97.5 Å². The van der Waals surface area contributed by atoms with Gasteiger partial charge in [0.05, 0.1) is 25.7 Å². The Kier molecular flexibility index (Phi) is 10.5. The summed E-state index contributed by atoms with van der Waals surface area (Å²) < 4.78 is 10.7. The van der Waals surface area contributed by atoms with Crippen molar-refractivity contribution in [1.82, 2.24) is 25.5 Å². The van der Waals surface area contributed by atoms with E-state index in [1.54, 1.807) is 25.4 Å². The van der Waals surface area contributed by atoms with Crippen molar-refractivity contribution in [3.05, 3.63) is 120 Å². The Morgan fingerprint density at radius 1 is 0.956 bits per heavy atom. The third-order valence-corrected chi connectivity index (χ3v) is 8.27. The molecule has 0 bridgehead atoms. The zero-order valence-corrected chi connectivity index (χ0v) is 25.4. The fourth-order valence-corrected chi connectivity index (χ4v) is 5.56. The number of methoxy groups -OCH3 is 1. The van der Waals surface area contributed by atoms with Crippen molar-refractivity contribution in [3.63, 3.8) is 0 Å². The van der Waals surface area contributed by atoms with Crippen LogP contribution < -0.4 is 15.4 Å². The number of H-pyrrole nitrogens is 1. The van der Waals surface area contributed by atoms with E-state index in [2.05, 4.69) is 32.7 Å². The molecule has 5 rings (SSSR count). The Balaban J connectivity index is 1.31. The van der Waals surface area contributed by atoms with Crippen molar-refractivity contribution >= 4 is 17.9 Å². The maximum absolute atomic E-state index is 14.1. The number of hydrogen-bond acceptors (Lipinski definition) is 6. The van der Waals surface area contributed by atoms with E-state index in [0.717, 1.165) is 30.4 Å². The summed E-state index contributed by atoms with van der Waals surface area (Å²) in [6, 6.07) is 25.8. The van der Waals surface area contributed by atoms with Gasteiger partial charge in [0.25, 0.3) is 0 Å². The van der Waals surface area contributed by atoms with Gasteiger partial charge in [-0.3, -0.25) is 9.59 Å². The van der Waals surface area contributed by atoms with E-state index < -0.39 is 18.0 Å². The minimum absolute atomic E-state index is 0.0527. The van der Waals surface area contributed by atoms with Gasteiger partial charge in [-0.15, -0.1) is 0 Å². The molecule has 0 aliphatic heterocycles. The lowest BCUT2D eigenvalue weighted by Crippen LogP contribution is -2.53. The monoisotopic (exact) mass is 609 g/mol. The fraction of sp³-hybridized carbons (Fsp3) is 0.314. The first-order chi connectivity index (χ1) is 21.9. The van der Waals surface area contributed by atoms with Crippen LogP contribution >= 0.6 is 0 Å². The highest BCUT2D eigenvalue weighted by Gasteiger charge is 2.39. The number of ether oxygens (including phenoxy) is 2. The van der Waals surface area contributed by atoms with Crippen LogP contribution in [-0.2, 0) is 39.3 Å². The quantitative estimate of drug-likeness (QED) is 0.193. The number of nitrogens with one attached hydrogen (secondary N) is 3. The normalized spacial score (nSPS) is 14.0. The lowest BCUT2D eigenvalue weighted by Gasteiger charge is -2.42. The van der Waals surface area contributed by atoms with Crippen molar-refractivity contribution < 1.29 is 23.9 Å². The van der Waals surface area contributed by atoms with E-state index in [4.69, 9.17) is 9.47 Å². The van der Waals surface area contributed by atoms with E-state index in [-0.39, 0.29) is 37.4 Å². The number of carbonyl (C=O) groups is 3. The fourth-order valence-electron chi connectivity index (χ4n) is 5.56. The number of amides is 3. The van der Waals surface area contributed by atoms with Gasteiger partial charge in [0, 0.05) is 31.1 Å². The molecule has 1 aliphatic rings. The number of aromatic amines is 1. The molecule has 0 radical (unpaired) electrons. The van der Waals surface area contributed by atoms with Crippen molar-refractivity contribution in [2.24, 2.45) is 0 Å². The second kappa shape index (κ2) is 15.1. The predicted molar refractivity (Wildman–Crippen MR) is 169 cm³/mol. The number of benzene rings is 3. The third-order valence-electron chi connectivity index (χ3n) is 8.27. The van der Waals surface area contributed by atoms with Crippen LogP contribution in [0.3, 0.4) is 0 Å². The van der Waals surface area contributed by atoms with Crippen LogP contribution in [0.2, 0.25) is 0 Å². The molecule has 1 aliphatic carbocycles. The third kappa shape index (κ3) is 8.50. The molecule has 3 amide bonds. The van der Waals surface area contributed by atoms with Gasteiger partial charge in [0.15, 0.2) is 0 Å². The van der Waals surface area contributed by atoms with Crippen molar-refractivity contribution in [1.29, 1.82) is 0 Å². The minimum atomic E-state index is -1.02. The van der Waals surface area contributed by atoms with Crippen molar-refractivity contribution in [2.75, 3.05) is 20.2 Å². The van der Waals surface area contributed by atoms with Gasteiger partial charge in [0.1, 0.15) is 18.4 Å². The number of imidazole rings is 1. The average Bonchev–Trinajstić information content (AvgIpc) is 3.57. The number of carbonyl (C=O) groups excluding carboxylic acids is 3. The Morgan fingerprint density at radius 2 is 1.67 bits per heavy atom. The van der Waals surface area contributed by atoms with Crippen LogP contribution in [-0.4, -0.2) is 59.0 Å². The molecule has 4 aromatic rings. The van der Waals surface area contributed by atoms with Crippen molar-refractivity contribution in [3.8, 4) is 5.75 Å². The van der Waals surface area contributed by atoms with E-state index in [1.807, 2.05) is 60.7 Å². The molecule has 10 nitrogen and oxygen atoms in total. The molecule has 1 saturated carbocycles. The molecule has 3 aromatic carbocycles. The van der Waals surface area contributed by atoms with Crippen LogP contribution in [0, 0.1) is 0 Å². The zero-order valence-electron chi connectivity index (χ0n) is 25.4. The summed E-state index contributed by atoms with van der Waals surface area (Å²) >= 11 is 0. The highest BCUT2D eigenvalue weighted by atomic mass is 16.5. The lowest BCUT2D eigenvalue weighted by atomic mass is 9.64. The summed E-state index contributed by atoms with van der Waals surface area (Å²) in [6.45, 7) is 0.504. The second-order valence-electron chi connectivity index (χ2n) is 11.3. The molecule has 0 saturated heterocycles. The number of nitrogens with zero attached hydrogens (tertiary/aromatic N) is 2. The molecule has 1 aromatic heterocycles. The molecular weight excluding hydrogens is 570 g/mol. The van der Waals surface area contributed by atoms with Crippen molar-refractivity contribution in [2.45, 2.75) is 50.3 Å². The van der Waals surface area contributed by atoms with Gasteiger partial charge in [-0.1, -0.05) is 79.2 Å². The lowest BCUT2D eigenvalue weighted by molar-refractivity contribution is -0.138. The molecule has 3 N–H and O–H groups in total. The Bertz CT molecular complexity index is 1520. The molecule has 1 unspecified atom stereocenters. The van der Waals surface area contributed by atoms with Gasteiger partial charge in [-0.25, -0.2) is 9.78 Å². The molecule has 0 spiro atoms. The first-order valence-corrected chi connectivity index (χ1v) is 15.1. The standard InChI is InChI=1S/C35H39N5O5/c1-44-30-15-13-26(14-16-30)21-40(22-32(41)37-24-35(17-8-18-35)28-11-6-3-7-12-28)33(42)31(19-29-20-36-25-38-29)39-34(43)45-23-27-9-4-2-5-10-27/h2-7,9-16,20,25,31H,8,17-19,21-24H2,1H3,(H,36,38)(H,37,41)(H,39,43). The topological polar surface area (TPSA) is 126 Å². The SMILES string of the molecule is COc1ccc(CN(CC(=O)NCC2(c3ccccc3)CCC2)C(=O)C(Cc2c[nH]cn2)NC(=O)OCc2ccccc2)cc1. The summed E-state index contributed by atoms with van der Waals surface area (Å²) in [5, 5.41) is 5.82. The second-order valence-corrected chi connectivity index (χ2v) is 11.3. The maximum atomic E-state index is 14.1. The Labute approximate surface area is 263 Å². The highest BCUT2D eigenvalue weighted by molar-refractivity contribution is 5.89. The molecule has 1 heterocycles. The average molecular weight is 610 g/mol. The molecule has 1 atom stereocenters. The molecule has 45 heavy (non-hydrogen) atoms. The first-order valence-electron chi connectivity index (χ1n) is 15.1. The number of hydrogen-bond donors (Lipinski definition) is 3. The van der Waals surface area contributed by atoms with Crippen LogP contribution in [0.1, 0.15) is 41.6 Å². The first kappa shape index (κ1) is 31.3. The number of rotatable bonds is 14. The highest BCUT2D eigenvalue weighted by Crippen LogP contribution is 2.43. The van der Waals surface area contributed by atoms with Gasteiger partial charge in [-0.05, 0) is 41.7 Å². The minimum Gasteiger partial charge on any atom is -0.497 e. The maximum Gasteiger partial charge on any atom is 0.408 e. The van der Waals surface area contributed by atoms with E-state index in [9.17, 15) is 14.4 Å². The Morgan fingerprint density at radius 3 is 2.29 bits per heavy atom. The summed E-state index contributed by atoms with van der Waals surface area (Å²) in [5.41, 5.74) is 3.32.